The van der Waals surface area contributed by atoms with Crippen molar-refractivity contribution in [2.24, 2.45) is 11.8 Å². The molecule has 0 radical (unpaired) electrons. The summed E-state index contributed by atoms with van der Waals surface area (Å²) in [7, 11) is 0. The molecule has 1 aromatic rings. The summed E-state index contributed by atoms with van der Waals surface area (Å²) < 4.78 is 0. The zero-order valence-electron chi connectivity index (χ0n) is 15.2. The van der Waals surface area contributed by atoms with E-state index in [0.29, 0.717) is 38.6 Å². The summed E-state index contributed by atoms with van der Waals surface area (Å²) in [5, 5.41) is 23.2. The highest BCUT2D eigenvalue weighted by Crippen LogP contribution is 2.37. The molecule has 26 heavy (non-hydrogen) atoms. The number of nitrogens with zero attached hydrogens (tertiary/aromatic N) is 1. The number of carboxylic acids is 1. The second kappa shape index (κ2) is 7.66. The molecule has 0 aromatic heterocycles. The lowest BCUT2D eigenvalue weighted by atomic mass is 9.78. The number of carbonyl (C=O) groups is 2. The molecule has 3 rings (SSSR count). The average molecular weight is 360 g/mol. The monoisotopic (exact) mass is 360 g/mol. The van der Waals surface area contributed by atoms with E-state index >= 15 is 0 Å². The Labute approximate surface area is 154 Å². The fourth-order valence-corrected chi connectivity index (χ4v) is 4.24. The predicted molar refractivity (Wildman–Crippen MR) is 97.6 cm³/mol. The van der Waals surface area contributed by atoms with Crippen LogP contribution in [0.2, 0.25) is 0 Å². The molecule has 1 heterocycles. The van der Waals surface area contributed by atoms with Gasteiger partial charge in [-0.1, -0.05) is 37.3 Å². The Bertz CT molecular complexity index is 640. The molecule has 2 amide bonds. The summed E-state index contributed by atoms with van der Waals surface area (Å²) in [4.78, 5) is 25.5. The molecule has 3 N–H and O–H groups in total. The van der Waals surface area contributed by atoms with Gasteiger partial charge in [-0.05, 0) is 43.6 Å². The van der Waals surface area contributed by atoms with Gasteiger partial charge in [0.2, 0.25) is 0 Å². The maximum atomic E-state index is 12.6. The minimum atomic E-state index is -0.833. The Hall–Kier alpha value is -2.08. The van der Waals surface area contributed by atoms with E-state index in [9.17, 15) is 19.8 Å². The Morgan fingerprint density at radius 1 is 1.15 bits per heavy atom. The number of likely N-dealkylation sites (tertiary alicyclic amines) is 1. The highest BCUT2D eigenvalue weighted by Gasteiger charge is 2.37. The highest BCUT2D eigenvalue weighted by molar-refractivity contribution is 5.76. The van der Waals surface area contributed by atoms with Crippen LogP contribution in [-0.2, 0) is 10.4 Å². The number of benzene rings is 1. The highest BCUT2D eigenvalue weighted by atomic mass is 16.4. The number of nitrogens with one attached hydrogen (secondary N) is 1. The van der Waals surface area contributed by atoms with E-state index in [1.54, 1.807) is 4.90 Å². The molecule has 1 aliphatic carbocycles. The smallest absolute Gasteiger partial charge is 0.317 e. The Kier molecular flexibility index (Phi) is 5.51. The summed E-state index contributed by atoms with van der Waals surface area (Å²) in [5.74, 6) is -1.14. The van der Waals surface area contributed by atoms with Crippen molar-refractivity contribution in [3.8, 4) is 0 Å². The molecule has 1 saturated heterocycles. The molecule has 6 nitrogen and oxygen atoms in total. The molecule has 2 unspecified atom stereocenters. The number of carbonyl (C=O) groups excluding carboxylic acids is 1. The topological polar surface area (TPSA) is 89.9 Å². The first kappa shape index (κ1) is 18.7. The predicted octanol–water partition coefficient (Wildman–Crippen LogP) is 2.57. The van der Waals surface area contributed by atoms with Crippen molar-refractivity contribution in [2.45, 2.75) is 50.7 Å². The van der Waals surface area contributed by atoms with Crippen LogP contribution >= 0.6 is 0 Å². The molecular formula is C20H28N2O4. The van der Waals surface area contributed by atoms with E-state index in [1.807, 2.05) is 37.3 Å². The van der Waals surface area contributed by atoms with Crippen LogP contribution in [0.15, 0.2) is 30.3 Å². The van der Waals surface area contributed by atoms with Gasteiger partial charge in [0, 0.05) is 19.1 Å². The maximum Gasteiger partial charge on any atom is 0.317 e. The van der Waals surface area contributed by atoms with Crippen molar-refractivity contribution in [3.05, 3.63) is 35.9 Å². The number of aliphatic carboxylic acids is 1. The summed E-state index contributed by atoms with van der Waals surface area (Å²) in [6, 6.07) is 9.52. The zero-order valence-corrected chi connectivity index (χ0v) is 15.2. The van der Waals surface area contributed by atoms with Gasteiger partial charge in [0.05, 0.1) is 11.5 Å². The number of piperidine rings is 1. The molecule has 6 heteroatoms. The fourth-order valence-electron chi connectivity index (χ4n) is 4.24. The largest absolute Gasteiger partial charge is 0.481 e. The van der Waals surface area contributed by atoms with Crippen LogP contribution in [0.4, 0.5) is 4.79 Å². The van der Waals surface area contributed by atoms with Crippen molar-refractivity contribution in [1.82, 2.24) is 10.2 Å². The third-order valence-electron chi connectivity index (χ3n) is 5.75. The van der Waals surface area contributed by atoms with Crippen molar-refractivity contribution in [2.75, 3.05) is 13.1 Å². The molecule has 1 saturated carbocycles. The lowest BCUT2D eigenvalue weighted by Gasteiger charge is -2.39. The SMILES string of the molecule is CC1CC(C(=O)O)CN(C(=O)NC2CCC(O)(c3ccccc3)CC2)C1. The minimum Gasteiger partial charge on any atom is -0.481 e. The number of carboxylic acid groups (broad SMARTS) is 1. The fraction of sp³-hybridized carbons (Fsp3) is 0.600. The number of hydrogen-bond acceptors (Lipinski definition) is 3. The number of rotatable bonds is 3. The van der Waals surface area contributed by atoms with Crippen LogP contribution in [0, 0.1) is 11.8 Å². The Morgan fingerprint density at radius 3 is 2.42 bits per heavy atom. The summed E-state index contributed by atoms with van der Waals surface area (Å²) in [6.45, 7) is 2.85. The molecular weight excluding hydrogens is 332 g/mol. The molecule has 2 atom stereocenters. The van der Waals surface area contributed by atoms with Crippen molar-refractivity contribution < 1.29 is 19.8 Å². The minimum absolute atomic E-state index is 0.0204. The van der Waals surface area contributed by atoms with E-state index < -0.39 is 17.5 Å². The van der Waals surface area contributed by atoms with Gasteiger partial charge in [0.15, 0.2) is 0 Å². The molecule has 1 aromatic carbocycles. The first-order valence-electron chi connectivity index (χ1n) is 9.43. The lowest BCUT2D eigenvalue weighted by molar-refractivity contribution is -0.143. The van der Waals surface area contributed by atoms with Crippen LogP contribution in [0.5, 0.6) is 0 Å². The summed E-state index contributed by atoms with van der Waals surface area (Å²) in [6.07, 6.45) is 3.25. The van der Waals surface area contributed by atoms with Gasteiger partial charge in [-0.25, -0.2) is 4.79 Å². The van der Waals surface area contributed by atoms with Gasteiger partial charge in [-0.15, -0.1) is 0 Å². The zero-order chi connectivity index (χ0) is 18.7. The van der Waals surface area contributed by atoms with Gasteiger partial charge in [0.1, 0.15) is 0 Å². The molecule has 142 valence electrons. The second-order valence-corrected chi connectivity index (χ2v) is 7.90. The van der Waals surface area contributed by atoms with E-state index in [4.69, 9.17) is 0 Å². The van der Waals surface area contributed by atoms with Gasteiger partial charge in [0.25, 0.3) is 0 Å². The van der Waals surface area contributed by atoms with Crippen LogP contribution in [0.1, 0.15) is 44.6 Å². The van der Waals surface area contributed by atoms with Gasteiger partial charge in [-0.3, -0.25) is 4.79 Å². The molecule has 0 spiro atoms. The third-order valence-corrected chi connectivity index (χ3v) is 5.75. The Balaban J connectivity index is 1.54. The number of amides is 2. The van der Waals surface area contributed by atoms with Crippen molar-refractivity contribution in [1.29, 1.82) is 0 Å². The average Bonchev–Trinajstić information content (AvgIpc) is 2.64. The lowest BCUT2D eigenvalue weighted by Crippen LogP contribution is -2.52. The van der Waals surface area contributed by atoms with Crippen molar-refractivity contribution >= 4 is 12.0 Å². The quantitative estimate of drug-likeness (QED) is 0.773. The first-order chi connectivity index (χ1) is 12.4. The number of hydrogen-bond donors (Lipinski definition) is 3. The third kappa shape index (κ3) is 4.18. The number of urea groups is 1. The van der Waals surface area contributed by atoms with Crippen molar-refractivity contribution in [3.63, 3.8) is 0 Å². The molecule has 0 bridgehead atoms. The summed E-state index contributed by atoms with van der Waals surface area (Å²) in [5.41, 5.74) is 0.107. The summed E-state index contributed by atoms with van der Waals surface area (Å²) >= 11 is 0. The van der Waals surface area contributed by atoms with E-state index in [-0.39, 0.29) is 24.5 Å². The maximum absolute atomic E-state index is 12.6. The van der Waals surface area contributed by atoms with Crippen LogP contribution in [0.25, 0.3) is 0 Å². The molecule has 2 fully saturated rings. The van der Waals surface area contributed by atoms with Gasteiger partial charge in [-0.2, -0.15) is 0 Å². The molecule has 2 aliphatic rings. The van der Waals surface area contributed by atoms with Gasteiger partial charge >= 0.3 is 12.0 Å². The van der Waals surface area contributed by atoms with E-state index in [1.165, 1.54) is 0 Å². The van der Waals surface area contributed by atoms with Crippen LogP contribution in [0.3, 0.4) is 0 Å². The first-order valence-corrected chi connectivity index (χ1v) is 9.43. The van der Waals surface area contributed by atoms with Crippen LogP contribution < -0.4 is 5.32 Å². The number of aliphatic hydroxyl groups is 1. The van der Waals surface area contributed by atoms with Crippen LogP contribution in [-0.4, -0.2) is 46.2 Å². The normalized spacial score (nSPS) is 32.1. The standard InChI is InChI=1S/C20H28N2O4/c1-14-11-15(18(23)24)13-22(12-14)19(25)21-17-7-9-20(26,10-8-17)16-5-3-2-4-6-16/h2-6,14-15,17,26H,7-13H2,1H3,(H,21,25)(H,23,24). The van der Waals surface area contributed by atoms with Gasteiger partial charge < -0.3 is 20.4 Å². The Morgan fingerprint density at radius 2 is 1.81 bits per heavy atom. The second-order valence-electron chi connectivity index (χ2n) is 7.90. The molecule has 1 aliphatic heterocycles. The van der Waals surface area contributed by atoms with E-state index in [0.717, 1.165) is 5.56 Å². The van der Waals surface area contributed by atoms with E-state index in [2.05, 4.69) is 5.32 Å².